The van der Waals surface area contributed by atoms with Crippen molar-refractivity contribution in [2.24, 2.45) is 5.16 Å². The van der Waals surface area contributed by atoms with Gasteiger partial charge in [-0.25, -0.2) is 0 Å². The minimum Gasteiger partial charge on any atom is -0.391 e. The summed E-state index contributed by atoms with van der Waals surface area (Å²) in [6.07, 6.45) is 0. The fourth-order valence-electron chi connectivity index (χ4n) is 1.85. The quantitative estimate of drug-likeness (QED) is 0.590. The molecule has 0 N–H and O–H groups in total. The van der Waals surface area contributed by atoms with Crippen LogP contribution >= 0.6 is 0 Å². The van der Waals surface area contributed by atoms with Crippen molar-refractivity contribution in [2.45, 2.75) is 27.4 Å². The summed E-state index contributed by atoms with van der Waals surface area (Å²) in [4.78, 5) is 5.41. The third-order valence-electron chi connectivity index (χ3n) is 2.98. The first kappa shape index (κ1) is 13.3. The van der Waals surface area contributed by atoms with Crippen LogP contribution in [-0.4, -0.2) is 5.71 Å². The van der Waals surface area contributed by atoms with E-state index in [1.165, 1.54) is 11.1 Å². The van der Waals surface area contributed by atoms with Crippen LogP contribution in [-0.2, 0) is 11.4 Å². The Bertz CT molecular complexity index is 570. The third kappa shape index (κ3) is 3.95. The predicted octanol–water partition coefficient (Wildman–Crippen LogP) is 4.24. The molecule has 0 atom stereocenters. The second kappa shape index (κ2) is 6.19. The second-order valence-corrected chi connectivity index (χ2v) is 4.81. The van der Waals surface area contributed by atoms with Crippen LogP contribution in [0.25, 0.3) is 0 Å². The molecule has 0 aliphatic carbocycles. The molecule has 0 heterocycles. The number of benzene rings is 2. The lowest BCUT2D eigenvalue weighted by molar-refractivity contribution is 0.130. The van der Waals surface area contributed by atoms with E-state index in [1.807, 2.05) is 19.1 Å². The van der Waals surface area contributed by atoms with Gasteiger partial charge in [-0.1, -0.05) is 64.8 Å². The van der Waals surface area contributed by atoms with E-state index >= 15 is 0 Å². The Morgan fingerprint density at radius 1 is 1.00 bits per heavy atom. The van der Waals surface area contributed by atoms with Crippen molar-refractivity contribution in [3.05, 3.63) is 70.8 Å². The van der Waals surface area contributed by atoms with Crippen molar-refractivity contribution < 1.29 is 4.84 Å². The Balaban J connectivity index is 1.97. The van der Waals surface area contributed by atoms with Gasteiger partial charge in [-0.15, -0.1) is 0 Å². The highest BCUT2D eigenvalue weighted by atomic mass is 16.6. The molecule has 0 saturated heterocycles. The van der Waals surface area contributed by atoms with Gasteiger partial charge in [0.25, 0.3) is 0 Å². The molecule has 0 saturated carbocycles. The highest BCUT2D eigenvalue weighted by molar-refractivity contribution is 5.98. The summed E-state index contributed by atoms with van der Waals surface area (Å²) in [7, 11) is 0. The van der Waals surface area contributed by atoms with Crippen LogP contribution < -0.4 is 0 Å². The largest absolute Gasteiger partial charge is 0.391 e. The zero-order chi connectivity index (χ0) is 13.7. The van der Waals surface area contributed by atoms with Gasteiger partial charge in [0.05, 0.1) is 5.71 Å². The van der Waals surface area contributed by atoms with Crippen molar-refractivity contribution in [3.63, 3.8) is 0 Å². The maximum atomic E-state index is 5.41. The van der Waals surface area contributed by atoms with Crippen LogP contribution in [0.2, 0.25) is 0 Å². The average molecular weight is 253 g/mol. The lowest BCUT2D eigenvalue weighted by Gasteiger charge is -2.04. The SMILES string of the molecule is C/C(=N\OCc1cccc(C)c1)c1ccc(C)cc1. The number of hydrogen-bond acceptors (Lipinski definition) is 2. The van der Waals surface area contributed by atoms with Gasteiger partial charge in [0.2, 0.25) is 0 Å². The van der Waals surface area contributed by atoms with Crippen LogP contribution in [0.4, 0.5) is 0 Å². The molecule has 2 aromatic rings. The van der Waals surface area contributed by atoms with E-state index in [0.717, 1.165) is 16.8 Å². The van der Waals surface area contributed by atoms with Gasteiger partial charge in [-0.2, -0.15) is 0 Å². The summed E-state index contributed by atoms with van der Waals surface area (Å²) in [6, 6.07) is 16.5. The van der Waals surface area contributed by atoms with E-state index in [1.54, 1.807) is 0 Å². The highest BCUT2D eigenvalue weighted by Crippen LogP contribution is 2.08. The zero-order valence-corrected chi connectivity index (χ0v) is 11.7. The summed E-state index contributed by atoms with van der Waals surface area (Å²) in [5.74, 6) is 0. The van der Waals surface area contributed by atoms with Crippen molar-refractivity contribution >= 4 is 5.71 Å². The van der Waals surface area contributed by atoms with E-state index in [0.29, 0.717) is 6.61 Å². The van der Waals surface area contributed by atoms with Gasteiger partial charge in [-0.05, 0) is 31.9 Å². The zero-order valence-electron chi connectivity index (χ0n) is 11.7. The number of aryl methyl sites for hydroxylation is 2. The van der Waals surface area contributed by atoms with Gasteiger partial charge in [0.1, 0.15) is 6.61 Å². The van der Waals surface area contributed by atoms with Gasteiger partial charge in [0, 0.05) is 0 Å². The summed E-state index contributed by atoms with van der Waals surface area (Å²) >= 11 is 0. The molecule has 2 nitrogen and oxygen atoms in total. The van der Waals surface area contributed by atoms with Gasteiger partial charge < -0.3 is 4.84 Å². The van der Waals surface area contributed by atoms with Crippen molar-refractivity contribution in [1.82, 2.24) is 0 Å². The fraction of sp³-hybridized carbons (Fsp3) is 0.235. The molecule has 2 heteroatoms. The second-order valence-electron chi connectivity index (χ2n) is 4.81. The molecule has 19 heavy (non-hydrogen) atoms. The van der Waals surface area contributed by atoms with Gasteiger partial charge >= 0.3 is 0 Å². The first-order valence-electron chi connectivity index (χ1n) is 6.44. The first-order chi connectivity index (χ1) is 9.15. The Morgan fingerprint density at radius 2 is 1.74 bits per heavy atom. The molecule has 2 aromatic carbocycles. The molecule has 0 fully saturated rings. The molecule has 0 bridgehead atoms. The standard InChI is InChI=1S/C17H19NO/c1-13-7-9-17(10-8-13)15(3)18-19-12-16-6-4-5-14(2)11-16/h4-11H,12H2,1-3H3/b18-15+. The monoisotopic (exact) mass is 253 g/mol. The molecule has 0 aliphatic heterocycles. The Morgan fingerprint density at radius 3 is 2.42 bits per heavy atom. The molecule has 2 rings (SSSR count). The van der Waals surface area contributed by atoms with E-state index in [4.69, 9.17) is 4.84 Å². The van der Waals surface area contributed by atoms with Crippen LogP contribution in [0.5, 0.6) is 0 Å². The lowest BCUT2D eigenvalue weighted by atomic mass is 10.1. The van der Waals surface area contributed by atoms with Gasteiger partial charge in [0.15, 0.2) is 0 Å². The maximum Gasteiger partial charge on any atom is 0.142 e. The Hall–Kier alpha value is -2.09. The fourth-order valence-corrected chi connectivity index (χ4v) is 1.85. The summed E-state index contributed by atoms with van der Waals surface area (Å²) in [6.45, 7) is 6.61. The highest BCUT2D eigenvalue weighted by Gasteiger charge is 1.98. The minimum atomic E-state index is 0.505. The van der Waals surface area contributed by atoms with Gasteiger partial charge in [-0.3, -0.25) is 0 Å². The van der Waals surface area contributed by atoms with Crippen LogP contribution in [0, 0.1) is 13.8 Å². The lowest BCUT2D eigenvalue weighted by Crippen LogP contribution is -1.97. The van der Waals surface area contributed by atoms with E-state index < -0.39 is 0 Å². The normalized spacial score (nSPS) is 11.4. The molecule has 0 spiro atoms. The van der Waals surface area contributed by atoms with Crippen LogP contribution in [0.3, 0.4) is 0 Å². The smallest absolute Gasteiger partial charge is 0.142 e. The topological polar surface area (TPSA) is 21.6 Å². The molecular formula is C17H19NO. The summed E-state index contributed by atoms with van der Waals surface area (Å²) in [5.41, 5.74) is 5.61. The van der Waals surface area contributed by atoms with Crippen molar-refractivity contribution in [1.29, 1.82) is 0 Å². The molecule has 0 radical (unpaired) electrons. The molecular weight excluding hydrogens is 234 g/mol. The van der Waals surface area contributed by atoms with E-state index in [2.05, 4.69) is 55.4 Å². The molecule has 0 aliphatic rings. The Kier molecular flexibility index (Phi) is 4.35. The molecule has 0 amide bonds. The number of rotatable bonds is 4. The summed E-state index contributed by atoms with van der Waals surface area (Å²) < 4.78 is 0. The van der Waals surface area contributed by atoms with Crippen molar-refractivity contribution in [2.75, 3.05) is 0 Å². The number of nitrogens with zero attached hydrogens (tertiary/aromatic N) is 1. The predicted molar refractivity (Wildman–Crippen MR) is 79.4 cm³/mol. The van der Waals surface area contributed by atoms with Crippen LogP contribution in [0.15, 0.2) is 53.7 Å². The van der Waals surface area contributed by atoms with Crippen LogP contribution in [0.1, 0.15) is 29.2 Å². The molecule has 98 valence electrons. The molecule has 0 aromatic heterocycles. The van der Waals surface area contributed by atoms with E-state index in [-0.39, 0.29) is 0 Å². The minimum absolute atomic E-state index is 0.505. The maximum absolute atomic E-state index is 5.41. The Labute approximate surface area is 114 Å². The van der Waals surface area contributed by atoms with Crippen molar-refractivity contribution in [3.8, 4) is 0 Å². The first-order valence-corrected chi connectivity index (χ1v) is 6.44. The molecule has 0 unspecified atom stereocenters. The number of oxime groups is 1. The van der Waals surface area contributed by atoms with E-state index in [9.17, 15) is 0 Å². The summed E-state index contributed by atoms with van der Waals surface area (Å²) in [5, 5.41) is 4.17. The average Bonchev–Trinajstić information content (AvgIpc) is 2.39. The third-order valence-corrected chi connectivity index (χ3v) is 2.98. The number of hydrogen-bond donors (Lipinski definition) is 0.